The molecule has 0 fully saturated rings. The summed E-state index contributed by atoms with van der Waals surface area (Å²) in [6.07, 6.45) is 0.247. The van der Waals surface area contributed by atoms with Gasteiger partial charge in [-0.3, -0.25) is 4.79 Å². The van der Waals surface area contributed by atoms with Gasteiger partial charge in [0, 0.05) is 10.9 Å². The van der Waals surface area contributed by atoms with Crippen LogP contribution in [0.2, 0.25) is 0 Å². The summed E-state index contributed by atoms with van der Waals surface area (Å²) in [6, 6.07) is 9.93. The molecule has 4 heteroatoms. The molecule has 0 spiro atoms. The predicted molar refractivity (Wildman–Crippen MR) is 67.9 cm³/mol. The van der Waals surface area contributed by atoms with Crippen molar-refractivity contribution in [1.82, 2.24) is 4.98 Å². The van der Waals surface area contributed by atoms with Crippen LogP contribution in [0.5, 0.6) is 0 Å². The molecule has 1 heterocycles. The van der Waals surface area contributed by atoms with Gasteiger partial charge in [-0.05, 0) is 6.92 Å². The number of carbonyl (C=O) groups is 1. The summed E-state index contributed by atoms with van der Waals surface area (Å²) in [5, 5.41) is 2.84. The summed E-state index contributed by atoms with van der Waals surface area (Å²) in [5.41, 5.74) is 1.85. The van der Waals surface area contributed by atoms with Crippen LogP contribution in [0.3, 0.4) is 0 Å². The Morgan fingerprint density at radius 2 is 2.12 bits per heavy atom. The van der Waals surface area contributed by atoms with Crippen LogP contribution in [-0.4, -0.2) is 17.6 Å². The highest BCUT2D eigenvalue weighted by Gasteiger charge is 2.09. The molecular formula is C13H13NO2S. The molecular weight excluding hydrogens is 234 g/mol. The molecule has 0 aliphatic heterocycles. The van der Waals surface area contributed by atoms with E-state index < -0.39 is 0 Å². The Labute approximate surface area is 104 Å². The lowest BCUT2D eigenvalue weighted by Crippen LogP contribution is -2.07. The minimum Gasteiger partial charge on any atom is -0.466 e. The van der Waals surface area contributed by atoms with Crippen LogP contribution < -0.4 is 0 Å². The molecule has 0 aliphatic carbocycles. The third-order valence-corrected chi connectivity index (χ3v) is 3.14. The van der Waals surface area contributed by atoms with E-state index in [-0.39, 0.29) is 12.4 Å². The van der Waals surface area contributed by atoms with Crippen molar-refractivity contribution in [3.63, 3.8) is 0 Å². The first-order valence-corrected chi connectivity index (χ1v) is 6.33. The average molecular weight is 247 g/mol. The molecule has 0 atom stereocenters. The van der Waals surface area contributed by atoms with E-state index in [0.29, 0.717) is 6.61 Å². The van der Waals surface area contributed by atoms with Crippen molar-refractivity contribution in [2.45, 2.75) is 13.3 Å². The smallest absolute Gasteiger partial charge is 0.311 e. The fourth-order valence-electron chi connectivity index (χ4n) is 1.46. The van der Waals surface area contributed by atoms with Gasteiger partial charge in [-0.15, -0.1) is 11.3 Å². The van der Waals surface area contributed by atoms with E-state index in [0.717, 1.165) is 16.3 Å². The maximum atomic E-state index is 11.3. The van der Waals surface area contributed by atoms with Gasteiger partial charge < -0.3 is 4.74 Å². The molecule has 0 saturated heterocycles. The van der Waals surface area contributed by atoms with Crippen LogP contribution in [0.15, 0.2) is 35.7 Å². The number of hydrogen-bond donors (Lipinski definition) is 0. The number of thiazole rings is 1. The molecule has 0 amide bonds. The zero-order valence-electron chi connectivity index (χ0n) is 9.55. The van der Waals surface area contributed by atoms with Crippen molar-refractivity contribution in [2.24, 2.45) is 0 Å². The summed E-state index contributed by atoms with van der Waals surface area (Å²) in [6.45, 7) is 2.21. The van der Waals surface area contributed by atoms with Crippen LogP contribution in [0, 0.1) is 0 Å². The number of nitrogens with zero attached hydrogens (tertiary/aromatic N) is 1. The van der Waals surface area contributed by atoms with Crippen molar-refractivity contribution in [3.8, 4) is 10.6 Å². The number of hydrogen-bond acceptors (Lipinski definition) is 4. The highest BCUT2D eigenvalue weighted by molar-refractivity contribution is 7.13. The highest BCUT2D eigenvalue weighted by Crippen LogP contribution is 2.23. The second-order valence-electron chi connectivity index (χ2n) is 3.49. The Bertz CT molecular complexity index is 493. The van der Waals surface area contributed by atoms with Crippen molar-refractivity contribution in [1.29, 1.82) is 0 Å². The summed E-state index contributed by atoms with van der Waals surface area (Å²) in [4.78, 5) is 15.7. The van der Waals surface area contributed by atoms with Crippen LogP contribution in [0.25, 0.3) is 10.6 Å². The molecule has 0 N–H and O–H groups in total. The predicted octanol–water partition coefficient (Wildman–Crippen LogP) is 2.92. The second-order valence-corrected chi connectivity index (χ2v) is 4.35. The number of ether oxygens (including phenoxy) is 1. The molecule has 1 aromatic heterocycles. The van der Waals surface area contributed by atoms with Gasteiger partial charge in [0.1, 0.15) is 5.01 Å². The number of rotatable bonds is 4. The number of esters is 1. The van der Waals surface area contributed by atoms with Crippen LogP contribution in [0.4, 0.5) is 0 Å². The molecule has 2 aromatic rings. The minimum atomic E-state index is -0.225. The highest BCUT2D eigenvalue weighted by atomic mass is 32.1. The molecule has 0 radical (unpaired) electrons. The van der Waals surface area contributed by atoms with E-state index >= 15 is 0 Å². The lowest BCUT2D eigenvalue weighted by Gasteiger charge is -1.98. The van der Waals surface area contributed by atoms with E-state index in [2.05, 4.69) is 4.98 Å². The van der Waals surface area contributed by atoms with Crippen molar-refractivity contribution >= 4 is 17.3 Å². The Morgan fingerprint density at radius 1 is 1.35 bits per heavy atom. The first kappa shape index (κ1) is 11.8. The fraction of sp³-hybridized carbons (Fsp3) is 0.231. The quantitative estimate of drug-likeness (QED) is 0.780. The van der Waals surface area contributed by atoms with Crippen molar-refractivity contribution in [3.05, 3.63) is 41.4 Å². The third-order valence-electron chi connectivity index (χ3n) is 2.20. The van der Waals surface area contributed by atoms with E-state index in [9.17, 15) is 4.79 Å². The number of aromatic nitrogens is 1. The number of carbonyl (C=O) groups excluding carboxylic acids is 1. The Kier molecular flexibility index (Phi) is 3.88. The van der Waals surface area contributed by atoms with Gasteiger partial charge >= 0.3 is 5.97 Å². The monoisotopic (exact) mass is 247 g/mol. The van der Waals surface area contributed by atoms with Gasteiger partial charge in [0.25, 0.3) is 0 Å². The topological polar surface area (TPSA) is 39.2 Å². The van der Waals surface area contributed by atoms with Crippen LogP contribution in [0.1, 0.15) is 12.6 Å². The van der Waals surface area contributed by atoms with Gasteiger partial charge in [0.15, 0.2) is 0 Å². The van der Waals surface area contributed by atoms with Gasteiger partial charge in [-0.1, -0.05) is 30.3 Å². The lowest BCUT2D eigenvalue weighted by atomic mass is 10.2. The van der Waals surface area contributed by atoms with Gasteiger partial charge in [0.05, 0.1) is 18.7 Å². The maximum absolute atomic E-state index is 11.3. The zero-order chi connectivity index (χ0) is 12.1. The molecule has 88 valence electrons. The van der Waals surface area contributed by atoms with E-state index in [4.69, 9.17) is 4.74 Å². The SMILES string of the molecule is CCOC(=O)Cc1csc(-c2ccccc2)n1. The summed E-state index contributed by atoms with van der Waals surface area (Å²) >= 11 is 1.54. The first-order valence-electron chi connectivity index (χ1n) is 5.45. The zero-order valence-corrected chi connectivity index (χ0v) is 10.4. The van der Waals surface area contributed by atoms with E-state index in [1.165, 1.54) is 0 Å². The molecule has 1 aromatic carbocycles. The Hall–Kier alpha value is -1.68. The molecule has 3 nitrogen and oxygen atoms in total. The average Bonchev–Trinajstić information content (AvgIpc) is 2.79. The molecule has 0 unspecified atom stereocenters. The van der Waals surface area contributed by atoms with Crippen molar-refractivity contribution in [2.75, 3.05) is 6.61 Å². The van der Waals surface area contributed by atoms with Gasteiger partial charge in [-0.25, -0.2) is 4.98 Å². The lowest BCUT2D eigenvalue weighted by molar-refractivity contribution is -0.142. The summed E-state index contributed by atoms with van der Waals surface area (Å²) in [5.74, 6) is -0.225. The number of benzene rings is 1. The van der Waals surface area contributed by atoms with Crippen LogP contribution in [-0.2, 0) is 16.0 Å². The second kappa shape index (κ2) is 5.59. The van der Waals surface area contributed by atoms with Gasteiger partial charge in [-0.2, -0.15) is 0 Å². The normalized spacial score (nSPS) is 10.2. The van der Waals surface area contributed by atoms with Gasteiger partial charge in [0.2, 0.25) is 0 Å². The first-order chi connectivity index (χ1) is 8.29. The molecule has 0 aliphatic rings. The third kappa shape index (κ3) is 3.14. The van der Waals surface area contributed by atoms with E-state index in [1.54, 1.807) is 18.3 Å². The molecule has 2 rings (SSSR count). The van der Waals surface area contributed by atoms with Crippen molar-refractivity contribution < 1.29 is 9.53 Å². The standard InChI is InChI=1S/C13H13NO2S/c1-2-16-12(15)8-11-9-17-13(14-11)10-6-4-3-5-7-10/h3-7,9H,2,8H2,1H3. The Balaban J connectivity index is 2.09. The summed E-state index contributed by atoms with van der Waals surface area (Å²) < 4.78 is 4.89. The van der Waals surface area contributed by atoms with Crippen LogP contribution >= 0.6 is 11.3 Å². The summed E-state index contributed by atoms with van der Waals surface area (Å²) in [7, 11) is 0. The minimum absolute atomic E-state index is 0.225. The molecule has 0 bridgehead atoms. The molecule has 0 saturated carbocycles. The largest absolute Gasteiger partial charge is 0.466 e. The molecule has 17 heavy (non-hydrogen) atoms. The van der Waals surface area contributed by atoms with E-state index in [1.807, 2.05) is 35.7 Å². The fourth-order valence-corrected chi connectivity index (χ4v) is 2.29. The maximum Gasteiger partial charge on any atom is 0.311 e. The Morgan fingerprint density at radius 3 is 2.82 bits per heavy atom.